The van der Waals surface area contributed by atoms with E-state index in [-0.39, 0.29) is 24.2 Å². The molecular weight excluding hydrogens is 416 g/mol. The lowest BCUT2D eigenvalue weighted by molar-refractivity contribution is -0.135. The van der Waals surface area contributed by atoms with Crippen LogP contribution < -0.4 is 16.0 Å². The number of allylic oxidation sites excluding steroid dienone is 2. The highest BCUT2D eigenvalue weighted by molar-refractivity contribution is 6.14. The molecule has 3 aliphatic rings. The average molecular weight is 451 g/mol. The van der Waals surface area contributed by atoms with Gasteiger partial charge < -0.3 is 16.0 Å². The van der Waals surface area contributed by atoms with Gasteiger partial charge >= 0.3 is 0 Å². The molecule has 1 fully saturated rings. The zero-order valence-electron chi connectivity index (χ0n) is 19.4. The number of fused-ring (bicyclic) bond motifs is 1. The lowest BCUT2D eigenvalue weighted by Gasteiger charge is -2.31. The average Bonchev–Trinajstić information content (AvgIpc) is 3.14. The molecule has 176 valence electrons. The largest absolute Gasteiger partial charge is 0.369 e. The van der Waals surface area contributed by atoms with Crippen LogP contribution in [0.5, 0.6) is 0 Å². The van der Waals surface area contributed by atoms with Crippen molar-refractivity contribution >= 4 is 29.1 Å². The number of likely N-dealkylation sites (N-methyl/N-ethyl adjacent to an activating group) is 1. The van der Waals surface area contributed by atoms with E-state index in [1.54, 1.807) is 11.9 Å². The number of hydrogen-bond acceptors (Lipinski definition) is 4. The molecular formula is C26H34N4O3. The second-order valence-electron chi connectivity index (χ2n) is 9.62. The smallest absolute Gasteiger partial charge is 0.272 e. The minimum Gasteiger partial charge on any atom is -0.369 e. The second kappa shape index (κ2) is 9.89. The standard InChI is InChI=1S/C26H34N4O3/c1-30-20-14-8-7-13-19(20)22(18-11-5-2-3-6-12-18)29-23(24(30)32)28-21(31)17-26(25(27)33)15-9-4-10-16-26/h4,7-9,13-14,18,23H,2-3,5-6,10-12,15-17H2,1H3,(H2,27,33)(H,28,31). The normalized spacial score (nSPS) is 26.1. The third-order valence-corrected chi connectivity index (χ3v) is 7.40. The van der Waals surface area contributed by atoms with Crippen LogP contribution in [-0.4, -0.2) is 36.6 Å². The fraction of sp³-hybridized carbons (Fsp3) is 0.538. The van der Waals surface area contributed by atoms with Crippen molar-refractivity contribution in [2.45, 2.75) is 70.4 Å². The Balaban J connectivity index is 1.63. The van der Waals surface area contributed by atoms with Crippen LogP contribution in [0.25, 0.3) is 0 Å². The van der Waals surface area contributed by atoms with Gasteiger partial charge in [0, 0.05) is 24.9 Å². The summed E-state index contributed by atoms with van der Waals surface area (Å²) in [5, 5.41) is 2.84. The molecule has 1 aromatic carbocycles. The molecule has 2 atom stereocenters. The van der Waals surface area contributed by atoms with E-state index in [0.29, 0.717) is 19.3 Å². The number of rotatable bonds is 5. The summed E-state index contributed by atoms with van der Waals surface area (Å²) in [6.45, 7) is 0. The molecule has 2 aliphatic carbocycles. The molecule has 7 nitrogen and oxygen atoms in total. The van der Waals surface area contributed by atoms with Gasteiger partial charge in [-0.25, -0.2) is 0 Å². The summed E-state index contributed by atoms with van der Waals surface area (Å²) in [7, 11) is 1.72. The first kappa shape index (κ1) is 23.2. The lowest BCUT2D eigenvalue weighted by atomic mass is 9.73. The summed E-state index contributed by atoms with van der Waals surface area (Å²) >= 11 is 0. The van der Waals surface area contributed by atoms with Crippen LogP contribution in [0.4, 0.5) is 5.69 Å². The first-order valence-corrected chi connectivity index (χ1v) is 12.1. The van der Waals surface area contributed by atoms with E-state index in [1.807, 2.05) is 36.4 Å². The molecule has 0 bridgehead atoms. The van der Waals surface area contributed by atoms with E-state index in [4.69, 9.17) is 10.7 Å². The van der Waals surface area contributed by atoms with Gasteiger partial charge in [-0.3, -0.25) is 19.4 Å². The Morgan fingerprint density at radius 2 is 1.88 bits per heavy atom. The number of carbonyl (C=O) groups is 3. The van der Waals surface area contributed by atoms with Crippen molar-refractivity contribution < 1.29 is 14.4 Å². The fourth-order valence-electron chi connectivity index (χ4n) is 5.39. The number of amides is 3. The maximum Gasteiger partial charge on any atom is 0.272 e. The molecule has 0 radical (unpaired) electrons. The fourth-order valence-corrected chi connectivity index (χ4v) is 5.39. The van der Waals surface area contributed by atoms with E-state index in [0.717, 1.165) is 42.6 Å². The number of nitrogens with zero attached hydrogens (tertiary/aromatic N) is 2. The zero-order valence-corrected chi connectivity index (χ0v) is 19.4. The number of primary amides is 1. The molecule has 7 heteroatoms. The van der Waals surface area contributed by atoms with Crippen molar-refractivity contribution in [3.8, 4) is 0 Å². The summed E-state index contributed by atoms with van der Waals surface area (Å²) in [5.41, 5.74) is 7.46. The number of aliphatic imine (C=N–C) groups is 1. The van der Waals surface area contributed by atoms with Crippen molar-refractivity contribution in [2.75, 3.05) is 11.9 Å². The number of anilines is 1. The van der Waals surface area contributed by atoms with E-state index < -0.39 is 17.5 Å². The van der Waals surface area contributed by atoms with Crippen molar-refractivity contribution in [3.05, 3.63) is 42.0 Å². The van der Waals surface area contributed by atoms with E-state index in [1.165, 1.54) is 12.8 Å². The quantitative estimate of drug-likeness (QED) is 0.530. The number of nitrogens with one attached hydrogen (secondary N) is 1. The molecule has 0 aromatic heterocycles. The third-order valence-electron chi connectivity index (χ3n) is 7.40. The number of para-hydroxylation sites is 1. The molecule has 1 saturated carbocycles. The monoisotopic (exact) mass is 450 g/mol. The molecule has 3 amide bonds. The Hall–Kier alpha value is -2.96. The Morgan fingerprint density at radius 3 is 2.55 bits per heavy atom. The van der Waals surface area contributed by atoms with Crippen molar-refractivity contribution in [1.82, 2.24) is 5.32 Å². The predicted octanol–water partition coefficient (Wildman–Crippen LogP) is 3.47. The molecule has 1 aromatic rings. The highest BCUT2D eigenvalue weighted by Gasteiger charge is 2.40. The first-order valence-electron chi connectivity index (χ1n) is 12.1. The van der Waals surface area contributed by atoms with Gasteiger partial charge in [-0.05, 0) is 38.2 Å². The number of carbonyl (C=O) groups excluding carboxylic acids is 3. The molecule has 1 aliphatic heterocycles. The zero-order chi connectivity index (χ0) is 23.4. The molecule has 0 saturated heterocycles. The highest BCUT2D eigenvalue weighted by Crippen LogP contribution is 2.36. The minimum atomic E-state index is -1.02. The molecule has 0 spiro atoms. The number of hydrogen-bond donors (Lipinski definition) is 2. The molecule has 2 unspecified atom stereocenters. The van der Waals surface area contributed by atoms with Crippen molar-refractivity contribution in [1.29, 1.82) is 0 Å². The van der Waals surface area contributed by atoms with Crippen LogP contribution >= 0.6 is 0 Å². The lowest BCUT2D eigenvalue weighted by Crippen LogP contribution is -2.49. The summed E-state index contributed by atoms with van der Waals surface area (Å²) in [6, 6.07) is 7.83. The van der Waals surface area contributed by atoms with Crippen LogP contribution in [0, 0.1) is 11.3 Å². The van der Waals surface area contributed by atoms with Crippen molar-refractivity contribution in [3.63, 3.8) is 0 Å². The number of nitrogens with two attached hydrogens (primary N) is 1. The van der Waals surface area contributed by atoms with Gasteiger partial charge in [0.05, 0.1) is 16.8 Å². The molecule has 3 N–H and O–H groups in total. The molecule has 1 heterocycles. The Labute approximate surface area is 195 Å². The minimum absolute atomic E-state index is 0.0403. The maximum atomic E-state index is 13.3. The Kier molecular flexibility index (Phi) is 6.96. The van der Waals surface area contributed by atoms with Crippen LogP contribution in [-0.2, 0) is 14.4 Å². The Morgan fingerprint density at radius 1 is 1.15 bits per heavy atom. The predicted molar refractivity (Wildman–Crippen MR) is 129 cm³/mol. The molecule has 33 heavy (non-hydrogen) atoms. The van der Waals surface area contributed by atoms with Crippen molar-refractivity contribution in [2.24, 2.45) is 22.1 Å². The summed E-state index contributed by atoms with van der Waals surface area (Å²) < 4.78 is 0. The van der Waals surface area contributed by atoms with Crippen LogP contribution in [0.15, 0.2) is 41.4 Å². The van der Waals surface area contributed by atoms with E-state index >= 15 is 0 Å². The Bertz CT molecular complexity index is 978. The highest BCUT2D eigenvalue weighted by atomic mass is 16.2. The van der Waals surface area contributed by atoms with Gasteiger partial charge in [0.1, 0.15) is 0 Å². The van der Waals surface area contributed by atoms with Gasteiger partial charge in [0.25, 0.3) is 5.91 Å². The van der Waals surface area contributed by atoms with Gasteiger partial charge in [-0.1, -0.05) is 56.0 Å². The second-order valence-corrected chi connectivity index (χ2v) is 9.62. The van der Waals surface area contributed by atoms with Gasteiger partial charge in [0.2, 0.25) is 18.0 Å². The summed E-state index contributed by atoms with van der Waals surface area (Å²) in [6.07, 6.45) is 11.3. The number of benzene rings is 1. The summed E-state index contributed by atoms with van der Waals surface area (Å²) in [4.78, 5) is 45.1. The van der Waals surface area contributed by atoms with Gasteiger partial charge in [-0.15, -0.1) is 0 Å². The SMILES string of the molecule is CN1C(=O)C(NC(=O)CC2(C(N)=O)CC=CCC2)N=C(C2CCCCCC2)c2ccccc21. The first-order chi connectivity index (χ1) is 15.9. The van der Waals surface area contributed by atoms with Crippen LogP contribution in [0.3, 0.4) is 0 Å². The topological polar surface area (TPSA) is 105 Å². The van der Waals surface area contributed by atoms with Crippen LogP contribution in [0.1, 0.15) is 69.8 Å². The van der Waals surface area contributed by atoms with Crippen LogP contribution in [0.2, 0.25) is 0 Å². The van der Waals surface area contributed by atoms with E-state index in [2.05, 4.69) is 5.32 Å². The van der Waals surface area contributed by atoms with Gasteiger partial charge in [0.15, 0.2) is 0 Å². The third kappa shape index (κ3) is 4.87. The maximum absolute atomic E-state index is 13.3. The number of benzodiazepines with no additional fused rings is 1. The molecule has 4 rings (SSSR count). The summed E-state index contributed by atoms with van der Waals surface area (Å²) in [5.74, 6) is -0.865. The van der Waals surface area contributed by atoms with E-state index in [9.17, 15) is 14.4 Å². The van der Waals surface area contributed by atoms with Gasteiger partial charge in [-0.2, -0.15) is 0 Å².